The lowest BCUT2D eigenvalue weighted by Gasteiger charge is -2.41. The Hall–Kier alpha value is -2.89. The number of amides is 2. The van der Waals surface area contributed by atoms with E-state index in [1.165, 1.54) is 12.1 Å². The Balaban J connectivity index is 2.03. The van der Waals surface area contributed by atoms with Crippen LogP contribution in [0.2, 0.25) is 0 Å². The zero-order valence-corrected chi connectivity index (χ0v) is 20.5. The number of benzene rings is 2. The number of halogens is 1. The summed E-state index contributed by atoms with van der Waals surface area (Å²) in [4.78, 5) is 29.6. The summed E-state index contributed by atoms with van der Waals surface area (Å²) in [6.07, 6.45) is 0.702. The lowest BCUT2D eigenvalue weighted by atomic mass is 9.85. The van der Waals surface area contributed by atoms with Crippen LogP contribution in [0.4, 0.5) is 4.39 Å². The normalized spacial score (nSPS) is 16.7. The van der Waals surface area contributed by atoms with E-state index in [9.17, 15) is 14.0 Å². The monoisotopic (exact) mass is 454 g/mol. The lowest BCUT2D eigenvalue weighted by Crippen LogP contribution is -2.45. The molecule has 6 heteroatoms. The molecule has 1 heterocycles. The van der Waals surface area contributed by atoms with Crippen molar-refractivity contribution >= 4 is 11.8 Å². The van der Waals surface area contributed by atoms with Crippen molar-refractivity contribution < 1.29 is 18.7 Å². The van der Waals surface area contributed by atoms with Gasteiger partial charge in [-0.2, -0.15) is 0 Å². The second-order valence-electron chi connectivity index (χ2n) is 9.68. The van der Waals surface area contributed by atoms with E-state index < -0.39 is 11.5 Å². The molecule has 2 aromatic carbocycles. The van der Waals surface area contributed by atoms with Gasteiger partial charge in [-0.05, 0) is 60.7 Å². The summed E-state index contributed by atoms with van der Waals surface area (Å²) in [7, 11) is 1.77. The minimum atomic E-state index is -0.576. The molecule has 1 aliphatic rings. The number of ether oxygens (including phenoxy) is 1. The van der Waals surface area contributed by atoms with Gasteiger partial charge in [0.2, 0.25) is 5.91 Å². The summed E-state index contributed by atoms with van der Waals surface area (Å²) < 4.78 is 19.8. The van der Waals surface area contributed by atoms with Crippen LogP contribution in [0.5, 0.6) is 5.75 Å². The zero-order valence-electron chi connectivity index (χ0n) is 20.5. The molecule has 0 bridgehead atoms. The van der Waals surface area contributed by atoms with Crippen LogP contribution in [0, 0.1) is 11.2 Å². The standard InChI is InChI=1S/C27H35FN2O3/c1-7-23(25(31)29(6)8-2)33-21-14-11-18-15-16-30(26(32)27(3,4)5)24(22(18)17-21)19-9-12-20(28)13-10-19/h9-14,17,23-24H,7-8,15-16H2,1-6H3/t23-,24-/m1/s1. The van der Waals surface area contributed by atoms with E-state index >= 15 is 0 Å². The fourth-order valence-electron chi connectivity index (χ4n) is 4.19. The second-order valence-corrected chi connectivity index (χ2v) is 9.68. The van der Waals surface area contributed by atoms with Crippen molar-refractivity contribution in [3.63, 3.8) is 0 Å². The third-order valence-corrected chi connectivity index (χ3v) is 6.21. The average molecular weight is 455 g/mol. The molecule has 0 unspecified atom stereocenters. The minimum absolute atomic E-state index is 0.0416. The molecule has 0 spiro atoms. The van der Waals surface area contributed by atoms with Gasteiger partial charge in [0.1, 0.15) is 11.6 Å². The van der Waals surface area contributed by atoms with Gasteiger partial charge in [0.25, 0.3) is 5.91 Å². The Morgan fingerprint density at radius 1 is 1.15 bits per heavy atom. The molecule has 0 N–H and O–H groups in total. The average Bonchev–Trinajstić information content (AvgIpc) is 2.80. The van der Waals surface area contributed by atoms with Crippen molar-refractivity contribution in [2.24, 2.45) is 5.41 Å². The fraction of sp³-hybridized carbons (Fsp3) is 0.481. The Labute approximate surface area is 196 Å². The van der Waals surface area contributed by atoms with Gasteiger partial charge in [0, 0.05) is 25.6 Å². The van der Waals surface area contributed by atoms with Gasteiger partial charge < -0.3 is 14.5 Å². The van der Waals surface area contributed by atoms with Crippen LogP contribution in [0.1, 0.15) is 63.8 Å². The summed E-state index contributed by atoms with van der Waals surface area (Å²) in [6.45, 7) is 10.8. The summed E-state index contributed by atoms with van der Waals surface area (Å²) in [6, 6.07) is 11.8. The van der Waals surface area contributed by atoms with E-state index in [1.807, 2.05) is 57.7 Å². The van der Waals surface area contributed by atoms with Crippen molar-refractivity contribution in [3.05, 3.63) is 65.0 Å². The van der Waals surface area contributed by atoms with E-state index in [0.29, 0.717) is 25.3 Å². The molecular weight excluding hydrogens is 419 g/mol. The third kappa shape index (κ3) is 5.37. The Morgan fingerprint density at radius 2 is 1.82 bits per heavy atom. The topological polar surface area (TPSA) is 49.9 Å². The fourth-order valence-corrected chi connectivity index (χ4v) is 4.19. The van der Waals surface area contributed by atoms with E-state index in [0.717, 1.165) is 23.1 Å². The molecule has 0 saturated carbocycles. The predicted molar refractivity (Wildman–Crippen MR) is 128 cm³/mol. The quantitative estimate of drug-likeness (QED) is 0.618. The van der Waals surface area contributed by atoms with E-state index in [1.54, 1.807) is 24.1 Å². The van der Waals surface area contributed by atoms with Crippen LogP contribution in [-0.2, 0) is 16.0 Å². The highest BCUT2D eigenvalue weighted by Crippen LogP contribution is 2.39. The number of nitrogens with zero attached hydrogens (tertiary/aromatic N) is 2. The first-order valence-electron chi connectivity index (χ1n) is 11.7. The molecule has 0 aromatic heterocycles. The number of rotatable bonds is 6. The Morgan fingerprint density at radius 3 is 2.39 bits per heavy atom. The maximum absolute atomic E-state index is 13.7. The Kier molecular flexibility index (Phi) is 7.45. The van der Waals surface area contributed by atoms with E-state index in [-0.39, 0.29) is 23.7 Å². The van der Waals surface area contributed by atoms with Crippen LogP contribution in [0.3, 0.4) is 0 Å². The van der Waals surface area contributed by atoms with Crippen LogP contribution >= 0.6 is 0 Å². The van der Waals surface area contributed by atoms with Crippen LogP contribution in [0.25, 0.3) is 0 Å². The molecule has 0 fully saturated rings. The zero-order chi connectivity index (χ0) is 24.3. The van der Waals surface area contributed by atoms with Crippen molar-refractivity contribution in [3.8, 4) is 5.75 Å². The first-order chi connectivity index (χ1) is 15.6. The lowest BCUT2D eigenvalue weighted by molar-refractivity contribution is -0.141. The number of hydrogen-bond donors (Lipinski definition) is 0. The number of likely N-dealkylation sites (N-methyl/N-ethyl adjacent to an activating group) is 1. The van der Waals surface area contributed by atoms with Crippen molar-refractivity contribution in [1.29, 1.82) is 0 Å². The largest absolute Gasteiger partial charge is 0.481 e. The third-order valence-electron chi connectivity index (χ3n) is 6.21. The first-order valence-corrected chi connectivity index (χ1v) is 11.7. The molecule has 178 valence electrons. The molecule has 3 rings (SSSR count). The highest BCUT2D eigenvalue weighted by atomic mass is 19.1. The van der Waals surface area contributed by atoms with Gasteiger partial charge in [-0.15, -0.1) is 0 Å². The number of fused-ring (bicyclic) bond motifs is 1. The van der Waals surface area contributed by atoms with Gasteiger partial charge in [-0.1, -0.05) is 45.9 Å². The van der Waals surface area contributed by atoms with Crippen LogP contribution in [0.15, 0.2) is 42.5 Å². The molecule has 2 amide bonds. The number of hydrogen-bond acceptors (Lipinski definition) is 3. The van der Waals surface area contributed by atoms with Gasteiger partial charge in [0.05, 0.1) is 6.04 Å². The van der Waals surface area contributed by atoms with Gasteiger partial charge >= 0.3 is 0 Å². The molecule has 1 aliphatic heterocycles. The van der Waals surface area contributed by atoms with Gasteiger partial charge in [-0.25, -0.2) is 4.39 Å². The maximum Gasteiger partial charge on any atom is 0.263 e. The van der Waals surface area contributed by atoms with Gasteiger partial charge in [-0.3, -0.25) is 9.59 Å². The van der Waals surface area contributed by atoms with Crippen molar-refractivity contribution in [2.75, 3.05) is 20.1 Å². The molecular formula is C27H35FN2O3. The molecule has 2 aromatic rings. The Bertz CT molecular complexity index is 997. The van der Waals surface area contributed by atoms with Crippen LogP contribution in [-0.4, -0.2) is 47.9 Å². The summed E-state index contributed by atoms with van der Waals surface area (Å²) in [5.41, 5.74) is 2.38. The highest BCUT2D eigenvalue weighted by Gasteiger charge is 2.37. The van der Waals surface area contributed by atoms with E-state index in [4.69, 9.17) is 4.74 Å². The van der Waals surface area contributed by atoms with Crippen molar-refractivity contribution in [2.45, 2.75) is 59.6 Å². The smallest absolute Gasteiger partial charge is 0.263 e. The van der Waals surface area contributed by atoms with E-state index in [2.05, 4.69) is 0 Å². The maximum atomic E-state index is 13.7. The van der Waals surface area contributed by atoms with Crippen molar-refractivity contribution in [1.82, 2.24) is 9.80 Å². The summed E-state index contributed by atoms with van der Waals surface area (Å²) in [5.74, 6) is 0.262. The highest BCUT2D eigenvalue weighted by molar-refractivity contribution is 5.83. The molecule has 0 radical (unpaired) electrons. The molecule has 33 heavy (non-hydrogen) atoms. The number of carbonyl (C=O) groups excluding carboxylic acids is 2. The van der Waals surface area contributed by atoms with Gasteiger partial charge in [0.15, 0.2) is 6.10 Å². The predicted octanol–water partition coefficient (Wildman–Crippen LogP) is 4.98. The second kappa shape index (κ2) is 9.94. The SMILES string of the molecule is CC[C@@H](Oc1ccc2c(c1)[C@@H](c1ccc(F)cc1)N(C(=O)C(C)(C)C)CC2)C(=O)N(C)CC. The molecule has 2 atom stereocenters. The molecule has 0 aliphatic carbocycles. The summed E-state index contributed by atoms with van der Waals surface area (Å²) >= 11 is 0. The first kappa shape index (κ1) is 24.7. The molecule has 5 nitrogen and oxygen atoms in total. The molecule has 0 saturated heterocycles. The van der Waals surface area contributed by atoms with Crippen LogP contribution < -0.4 is 4.74 Å². The summed E-state index contributed by atoms with van der Waals surface area (Å²) in [5, 5.41) is 0. The number of carbonyl (C=O) groups is 2. The minimum Gasteiger partial charge on any atom is -0.481 e.